The molecule has 0 heterocycles. The second-order valence-corrected chi connectivity index (χ2v) is 5.02. The van der Waals surface area contributed by atoms with E-state index in [0.29, 0.717) is 6.04 Å². The summed E-state index contributed by atoms with van der Waals surface area (Å²) in [5.74, 6) is 1.02. The molecule has 15 heavy (non-hydrogen) atoms. The van der Waals surface area contributed by atoms with Crippen molar-refractivity contribution in [2.24, 2.45) is 5.92 Å². The second kappa shape index (κ2) is 7.24. The van der Waals surface area contributed by atoms with Crippen LogP contribution in [0.1, 0.15) is 46.0 Å². The third-order valence-electron chi connectivity index (χ3n) is 3.79. The summed E-state index contributed by atoms with van der Waals surface area (Å²) in [7, 11) is 2.05. The van der Waals surface area contributed by atoms with Gasteiger partial charge in [0.25, 0.3) is 0 Å². The third kappa shape index (κ3) is 4.98. The number of hydrogen-bond acceptors (Lipinski definition) is 2. The highest BCUT2D eigenvalue weighted by molar-refractivity contribution is 4.73. The van der Waals surface area contributed by atoms with Crippen molar-refractivity contribution in [1.29, 1.82) is 0 Å². The Hall–Kier alpha value is -0.0800. The number of nitrogens with one attached hydrogen (secondary N) is 1. The molecule has 1 fully saturated rings. The standard InChI is InChI=1S/C13H28N2/c1-4-15(11-13-8-5-9-13)10-6-7-12(2)14-3/h12-14H,4-11H2,1-3H3. The third-order valence-corrected chi connectivity index (χ3v) is 3.79. The first-order valence-corrected chi connectivity index (χ1v) is 6.65. The molecular weight excluding hydrogens is 184 g/mol. The molecule has 0 saturated heterocycles. The topological polar surface area (TPSA) is 15.3 Å². The first kappa shape index (κ1) is 13.0. The molecule has 1 atom stereocenters. The smallest absolute Gasteiger partial charge is 0.00362 e. The van der Waals surface area contributed by atoms with Gasteiger partial charge in [-0.1, -0.05) is 13.3 Å². The maximum Gasteiger partial charge on any atom is 0.00362 e. The molecule has 2 heteroatoms. The lowest BCUT2D eigenvalue weighted by molar-refractivity contribution is 0.180. The summed E-state index contributed by atoms with van der Waals surface area (Å²) in [6, 6.07) is 0.674. The Morgan fingerprint density at radius 3 is 2.60 bits per heavy atom. The molecule has 2 nitrogen and oxygen atoms in total. The molecular formula is C13H28N2. The summed E-state index contributed by atoms with van der Waals surface area (Å²) >= 11 is 0. The van der Waals surface area contributed by atoms with Crippen LogP contribution in [0.3, 0.4) is 0 Å². The van der Waals surface area contributed by atoms with Gasteiger partial charge in [-0.05, 0) is 58.7 Å². The van der Waals surface area contributed by atoms with Crippen LogP contribution in [0.25, 0.3) is 0 Å². The summed E-state index contributed by atoms with van der Waals surface area (Å²) in [6.07, 6.45) is 7.06. The van der Waals surface area contributed by atoms with E-state index in [1.54, 1.807) is 0 Å². The van der Waals surface area contributed by atoms with Gasteiger partial charge >= 0.3 is 0 Å². The number of rotatable bonds is 8. The number of nitrogens with zero attached hydrogens (tertiary/aromatic N) is 1. The molecule has 1 N–H and O–H groups in total. The van der Waals surface area contributed by atoms with Crippen LogP contribution in [-0.2, 0) is 0 Å². The Balaban J connectivity index is 2.04. The summed E-state index contributed by atoms with van der Waals surface area (Å²) in [5.41, 5.74) is 0. The van der Waals surface area contributed by atoms with Crippen molar-refractivity contribution in [3.05, 3.63) is 0 Å². The molecule has 0 amide bonds. The van der Waals surface area contributed by atoms with Gasteiger partial charge in [0.1, 0.15) is 0 Å². The zero-order valence-electron chi connectivity index (χ0n) is 10.8. The Morgan fingerprint density at radius 1 is 1.40 bits per heavy atom. The summed E-state index contributed by atoms with van der Waals surface area (Å²) in [6.45, 7) is 8.43. The van der Waals surface area contributed by atoms with Crippen molar-refractivity contribution in [2.75, 3.05) is 26.7 Å². The molecule has 90 valence electrons. The first-order valence-electron chi connectivity index (χ1n) is 6.65. The van der Waals surface area contributed by atoms with Gasteiger partial charge in [-0.15, -0.1) is 0 Å². The fraction of sp³-hybridized carbons (Fsp3) is 1.00. The van der Waals surface area contributed by atoms with E-state index in [1.807, 2.05) is 0 Å². The van der Waals surface area contributed by atoms with Crippen molar-refractivity contribution < 1.29 is 0 Å². The summed E-state index contributed by atoms with van der Waals surface area (Å²) in [5, 5.41) is 3.30. The maximum absolute atomic E-state index is 3.30. The van der Waals surface area contributed by atoms with Crippen LogP contribution < -0.4 is 5.32 Å². The van der Waals surface area contributed by atoms with Crippen LogP contribution in [0.15, 0.2) is 0 Å². The van der Waals surface area contributed by atoms with Gasteiger partial charge in [-0.2, -0.15) is 0 Å². The fourth-order valence-electron chi connectivity index (χ4n) is 2.18. The van der Waals surface area contributed by atoms with Gasteiger partial charge < -0.3 is 10.2 Å². The van der Waals surface area contributed by atoms with Crippen LogP contribution in [0.2, 0.25) is 0 Å². The van der Waals surface area contributed by atoms with Crippen molar-refractivity contribution in [3.8, 4) is 0 Å². The van der Waals surface area contributed by atoms with Crippen molar-refractivity contribution in [2.45, 2.75) is 52.0 Å². The van der Waals surface area contributed by atoms with Crippen LogP contribution in [0.5, 0.6) is 0 Å². The Labute approximate surface area is 95.4 Å². The predicted molar refractivity (Wildman–Crippen MR) is 67.2 cm³/mol. The van der Waals surface area contributed by atoms with E-state index >= 15 is 0 Å². The minimum Gasteiger partial charge on any atom is -0.317 e. The summed E-state index contributed by atoms with van der Waals surface area (Å²) in [4.78, 5) is 2.63. The quantitative estimate of drug-likeness (QED) is 0.665. The lowest BCUT2D eigenvalue weighted by Gasteiger charge is -2.31. The van der Waals surface area contributed by atoms with Gasteiger partial charge in [-0.3, -0.25) is 0 Å². The average molecular weight is 212 g/mol. The molecule has 0 radical (unpaired) electrons. The van der Waals surface area contributed by atoms with Crippen molar-refractivity contribution >= 4 is 0 Å². The van der Waals surface area contributed by atoms with Gasteiger partial charge in [0.05, 0.1) is 0 Å². The van der Waals surface area contributed by atoms with E-state index in [4.69, 9.17) is 0 Å². The predicted octanol–water partition coefficient (Wildman–Crippen LogP) is 2.50. The van der Waals surface area contributed by atoms with E-state index in [9.17, 15) is 0 Å². The SMILES string of the molecule is CCN(CCCC(C)NC)CC1CCC1. The van der Waals surface area contributed by atoms with Crippen LogP contribution in [0, 0.1) is 5.92 Å². The van der Waals surface area contributed by atoms with Crippen molar-refractivity contribution in [1.82, 2.24) is 10.2 Å². The molecule has 1 aliphatic rings. The monoisotopic (exact) mass is 212 g/mol. The molecule has 1 rings (SSSR count). The van der Waals surface area contributed by atoms with Crippen molar-refractivity contribution in [3.63, 3.8) is 0 Å². The lowest BCUT2D eigenvalue weighted by atomic mass is 9.85. The molecule has 0 aliphatic heterocycles. The first-order chi connectivity index (χ1) is 7.26. The van der Waals surface area contributed by atoms with E-state index in [0.717, 1.165) is 5.92 Å². The molecule has 0 aromatic carbocycles. The van der Waals surface area contributed by atoms with Crippen LogP contribution in [0.4, 0.5) is 0 Å². The van der Waals surface area contributed by atoms with Gasteiger partial charge in [0, 0.05) is 12.6 Å². The highest BCUT2D eigenvalue weighted by atomic mass is 15.1. The molecule has 1 aliphatic carbocycles. The molecule has 1 unspecified atom stereocenters. The largest absolute Gasteiger partial charge is 0.317 e. The normalized spacial score (nSPS) is 19.2. The second-order valence-electron chi connectivity index (χ2n) is 5.02. The molecule has 0 spiro atoms. The Morgan fingerprint density at radius 2 is 2.13 bits per heavy atom. The molecule has 1 saturated carbocycles. The minimum absolute atomic E-state index is 0.674. The molecule has 0 bridgehead atoms. The van der Waals surface area contributed by atoms with Crippen LogP contribution >= 0.6 is 0 Å². The average Bonchev–Trinajstić information content (AvgIpc) is 2.20. The van der Waals surface area contributed by atoms with Gasteiger partial charge in [-0.25, -0.2) is 0 Å². The minimum atomic E-state index is 0.674. The number of hydrogen-bond donors (Lipinski definition) is 1. The molecule has 0 aromatic rings. The zero-order chi connectivity index (χ0) is 11.1. The zero-order valence-corrected chi connectivity index (χ0v) is 10.8. The van der Waals surface area contributed by atoms with E-state index in [2.05, 4.69) is 31.1 Å². The van der Waals surface area contributed by atoms with Gasteiger partial charge in [0.15, 0.2) is 0 Å². The maximum atomic E-state index is 3.30. The highest BCUT2D eigenvalue weighted by Gasteiger charge is 2.19. The summed E-state index contributed by atoms with van der Waals surface area (Å²) < 4.78 is 0. The van der Waals surface area contributed by atoms with Crippen LogP contribution in [-0.4, -0.2) is 37.6 Å². The lowest BCUT2D eigenvalue weighted by Crippen LogP contribution is -2.34. The molecule has 0 aromatic heterocycles. The highest BCUT2D eigenvalue weighted by Crippen LogP contribution is 2.27. The fourth-order valence-corrected chi connectivity index (χ4v) is 2.18. The van der Waals surface area contributed by atoms with E-state index in [-0.39, 0.29) is 0 Å². The Kier molecular flexibility index (Phi) is 6.26. The van der Waals surface area contributed by atoms with E-state index in [1.165, 1.54) is 51.7 Å². The van der Waals surface area contributed by atoms with E-state index < -0.39 is 0 Å². The Bertz CT molecular complexity index is 155. The van der Waals surface area contributed by atoms with Gasteiger partial charge in [0.2, 0.25) is 0 Å².